The second kappa shape index (κ2) is 9.75. The Hall–Kier alpha value is -3.55. The fourth-order valence-electron chi connectivity index (χ4n) is 3.69. The van der Waals surface area contributed by atoms with Crippen molar-refractivity contribution in [2.75, 3.05) is 7.11 Å². The summed E-state index contributed by atoms with van der Waals surface area (Å²) < 4.78 is 5.23. The minimum absolute atomic E-state index is 0.196. The molecule has 0 radical (unpaired) electrons. The van der Waals surface area contributed by atoms with E-state index >= 15 is 0 Å². The van der Waals surface area contributed by atoms with Gasteiger partial charge < -0.3 is 4.74 Å². The van der Waals surface area contributed by atoms with Crippen LogP contribution in [0.5, 0.6) is 5.75 Å². The molecule has 0 unspecified atom stereocenters. The summed E-state index contributed by atoms with van der Waals surface area (Å²) in [4.78, 5) is 18.0. The number of ether oxygens (including phenoxy) is 1. The molecule has 1 atom stereocenters. The number of thioether (sulfide) groups is 1. The number of hydrogen-bond donors (Lipinski definition) is 1. The number of amides is 1. The minimum Gasteiger partial charge on any atom is -0.497 e. The third kappa shape index (κ3) is 4.71. The maximum atomic E-state index is 13.2. The van der Waals surface area contributed by atoms with E-state index in [0.717, 1.165) is 27.5 Å². The van der Waals surface area contributed by atoms with E-state index in [4.69, 9.17) is 26.4 Å². The molecule has 0 spiro atoms. The summed E-state index contributed by atoms with van der Waals surface area (Å²) in [7, 11) is 1.64. The van der Waals surface area contributed by atoms with E-state index in [2.05, 4.69) is 5.32 Å². The molecule has 0 fully saturated rings. The number of para-hydroxylation sites is 1. The minimum atomic E-state index is -0.454. The molecule has 1 N–H and O–H groups in total. The maximum absolute atomic E-state index is 13.2. The van der Waals surface area contributed by atoms with E-state index in [1.807, 2.05) is 84.9 Å². The number of rotatable bonds is 5. The first-order chi connectivity index (χ1) is 16.6. The van der Waals surface area contributed by atoms with Gasteiger partial charge in [-0.15, -0.1) is 5.10 Å². The van der Waals surface area contributed by atoms with Crippen LogP contribution in [0, 0.1) is 0 Å². The van der Waals surface area contributed by atoms with E-state index in [1.54, 1.807) is 12.1 Å². The average Bonchev–Trinajstić information content (AvgIpc) is 2.87. The van der Waals surface area contributed by atoms with Gasteiger partial charge in [-0.2, -0.15) is 0 Å². The van der Waals surface area contributed by atoms with Gasteiger partial charge >= 0.3 is 0 Å². The third-order valence-corrected chi connectivity index (χ3v) is 6.60. The molecule has 6 nitrogen and oxygen atoms in total. The van der Waals surface area contributed by atoms with Crippen LogP contribution in [-0.4, -0.2) is 29.4 Å². The second-order valence-electron chi connectivity index (χ2n) is 7.66. The van der Waals surface area contributed by atoms with Crippen LogP contribution < -0.4 is 20.6 Å². The van der Waals surface area contributed by atoms with Crippen molar-refractivity contribution in [2.24, 2.45) is 10.1 Å². The Kier molecular flexibility index (Phi) is 6.38. The lowest BCUT2D eigenvalue weighted by molar-refractivity contribution is -0.116. The van der Waals surface area contributed by atoms with Crippen molar-refractivity contribution in [1.29, 1.82) is 0 Å². The molecular weight excluding hydrogens is 468 g/mol. The first kappa shape index (κ1) is 22.3. The highest BCUT2D eigenvalue weighted by atomic mass is 35.5. The topological polar surface area (TPSA) is 66.3 Å². The fraction of sp³-hybridized carbons (Fsp3) is 0.115. The van der Waals surface area contributed by atoms with Gasteiger partial charge in [0, 0.05) is 16.0 Å². The second-order valence-corrected chi connectivity index (χ2v) is 9.06. The average molecular weight is 489 g/mol. The first-order valence-electron chi connectivity index (χ1n) is 10.7. The van der Waals surface area contributed by atoms with Crippen molar-refractivity contribution in [3.05, 3.63) is 106 Å². The van der Waals surface area contributed by atoms with E-state index in [1.165, 1.54) is 11.8 Å². The number of fused-ring (bicyclic) bond motifs is 2. The zero-order valence-corrected chi connectivity index (χ0v) is 19.9. The Balaban J connectivity index is 1.47. The molecule has 8 heteroatoms. The first-order valence-corrected chi connectivity index (χ1v) is 12.0. The Bertz CT molecular complexity index is 1400. The molecule has 0 saturated heterocycles. The lowest BCUT2D eigenvalue weighted by atomic mass is 10.1. The quantitative estimate of drug-likeness (QED) is 0.593. The number of halogens is 1. The molecule has 2 aliphatic rings. The molecular formula is C26H21ClN4O2S. The smallest absolute Gasteiger partial charge is 0.276 e. The molecule has 0 bridgehead atoms. The Morgan fingerprint density at radius 2 is 1.85 bits per heavy atom. The van der Waals surface area contributed by atoms with E-state index in [9.17, 15) is 4.79 Å². The molecule has 1 amide bonds. The molecule has 0 aliphatic carbocycles. The van der Waals surface area contributed by atoms with Gasteiger partial charge in [-0.1, -0.05) is 71.9 Å². The molecule has 0 saturated carbocycles. The molecule has 34 heavy (non-hydrogen) atoms. The van der Waals surface area contributed by atoms with Crippen molar-refractivity contribution in [2.45, 2.75) is 11.9 Å². The van der Waals surface area contributed by atoms with Crippen LogP contribution in [-0.2, 0) is 10.5 Å². The van der Waals surface area contributed by atoms with Crippen LogP contribution in [0.1, 0.15) is 11.1 Å². The van der Waals surface area contributed by atoms with E-state index < -0.39 is 6.17 Å². The molecule has 170 valence electrons. The zero-order valence-electron chi connectivity index (χ0n) is 18.3. The maximum Gasteiger partial charge on any atom is 0.276 e. The highest BCUT2D eigenvalue weighted by molar-refractivity contribution is 8.13. The number of methoxy groups -OCH3 is 1. The number of carbonyl (C=O) groups excluding carboxylic acids is 1. The number of benzene rings is 3. The summed E-state index contributed by atoms with van der Waals surface area (Å²) in [5.74, 6) is 1.25. The lowest BCUT2D eigenvalue weighted by Crippen LogP contribution is -2.52. The van der Waals surface area contributed by atoms with Crippen LogP contribution in [0.4, 0.5) is 0 Å². The van der Waals surface area contributed by atoms with Crippen LogP contribution in [0.25, 0.3) is 11.8 Å². The molecule has 3 aromatic carbocycles. The van der Waals surface area contributed by atoms with Crippen molar-refractivity contribution < 1.29 is 9.53 Å². The van der Waals surface area contributed by atoms with Crippen molar-refractivity contribution in [1.82, 2.24) is 10.3 Å². The highest BCUT2D eigenvalue weighted by Crippen LogP contribution is 2.24. The summed E-state index contributed by atoms with van der Waals surface area (Å²) in [6.45, 7) is 0. The number of nitrogens with one attached hydrogen (secondary N) is 1. The van der Waals surface area contributed by atoms with Gasteiger partial charge in [0.25, 0.3) is 5.91 Å². The highest BCUT2D eigenvalue weighted by Gasteiger charge is 2.32. The number of carbonyl (C=O) groups is 1. The SMILES string of the molecule is COc1ccc(/C=C/[C@H]2N=c3ccccc3=C3C(=O)NC(SCc4ccc(Cl)cc4)=NN32)cc1. The van der Waals surface area contributed by atoms with Crippen LogP contribution in [0.3, 0.4) is 0 Å². The van der Waals surface area contributed by atoms with Gasteiger partial charge in [0.2, 0.25) is 0 Å². The van der Waals surface area contributed by atoms with Crippen molar-refractivity contribution in [3.8, 4) is 5.75 Å². The fourth-order valence-corrected chi connectivity index (χ4v) is 4.62. The summed E-state index contributed by atoms with van der Waals surface area (Å²) >= 11 is 7.44. The van der Waals surface area contributed by atoms with E-state index in [0.29, 0.717) is 21.6 Å². The summed E-state index contributed by atoms with van der Waals surface area (Å²) in [6.07, 6.45) is 3.47. The van der Waals surface area contributed by atoms with Gasteiger partial charge in [-0.3, -0.25) is 15.1 Å². The van der Waals surface area contributed by atoms with Crippen molar-refractivity contribution >= 4 is 46.2 Å². The van der Waals surface area contributed by atoms with Crippen molar-refractivity contribution in [3.63, 3.8) is 0 Å². The molecule has 5 rings (SSSR count). The van der Waals surface area contributed by atoms with Crippen LogP contribution in [0.2, 0.25) is 5.02 Å². The van der Waals surface area contributed by atoms with Crippen LogP contribution >= 0.6 is 23.4 Å². The third-order valence-electron chi connectivity index (χ3n) is 5.41. The largest absolute Gasteiger partial charge is 0.497 e. The summed E-state index contributed by atoms with van der Waals surface area (Å²) in [5.41, 5.74) is 2.58. The Morgan fingerprint density at radius 1 is 1.09 bits per heavy atom. The monoisotopic (exact) mass is 488 g/mol. The van der Waals surface area contributed by atoms with Gasteiger partial charge in [0.05, 0.1) is 12.5 Å². The number of hydrogen-bond acceptors (Lipinski definition) is 6. The molecule has 3 aromatic rings. The lowest BCUT2D eigenvalue weighted by Gasteiger charge is -2.32. The number of nitrogens with zero attached hydrogens (tertiary/aromatic N) is 3. The van der Waals surface area contributed by atoms with Gasteiger partial charge in [-0.25, -0.2) is 5.01 Å². The Morgan fingerprint density at radius 3 is 2.62 bits per heavy atom. The molecule has 2 heterocycles. The van der Waals surface area contributed by atoms with Crippen LogP contribution in [0.15, 0.2) is 89.0 Å². The van der Waals surface area contributed by atoms with Gasteiger partial charge in [-0.05, 0) is 47.5 Å². The molecule has 2 aliphatic heterocycles. The van der Waals surface area contributed by atoms with Gasteiger partial charge in [0.15, 0.2) is 11.3 Å². The standard InChI is InChI=1S/C26H21ClN4O2S/c1-33-20-13-8-17(9-14-20)10-15-23-28-22-5-3-2-4-21(22)24-25(32)29-26(30-31(23)24)34-16-18-6-11-19(27)12-7-18/h2-15,23H,16H2,1H3,(H,29,30,32)/b15-10+/t23-/m0/s1. The summed E-state index contributed by atoms with van der Waals surface area (Å²) in [5, 5.41) is 12.1. The summed E-state index contributed by atoms with van der Waals surface area (Å²) in [6, 6.07) is 23.0. The van der Waals surface area contributed by atoms with Gasteiger partial charge in [0.1, 0.15) is 11.4 Å². The van der Waals surface area contributed by atoms with E-state index in [-0.39, 0.29) is 5.91 Å². The Labute approximate surface area is 206 Å². The zero-order chi connectivity index (χ0) is 23.5. The molecule has 0 aromatic heterocycles. The normalized spacial score (nSPS) is 16.9. The number of hydrazone groups is 1. The number of amidine groups is 1. The predicted molar refractivity (Wildman–Crippen MR) is 137 cm³/mol. The predicted octanol–water partition coefficient (Wildman–Crippen LogP) is 3.77.